The molecule has 6 nitrogen and oxygen atoms in total. The van der Waals surface area contributed by atoms with Crippen LogP contribution in [0.25, 0.3) is 0 Å². The molecule has 7 heteroatoms. The van der Waals surface area contributed by atoms with E-state index in [2.05, 4.69) is 13.8 Å². The van der Waals surface area contributed by atoms with Crippen molar-refractivity contribution in [2.24, 2.45) is 0 Å². The number of nitrogens with zero attached hydrogens (tertiary/aromatic N) is 1. The SMILES string of the molecule is CCOc1ccc(CN(C(=O)C(C)Oc2cc(C)ccc2C(C)C)C2CCS(=O)(=O)C2)cc1. The molecule has 2 aromatic carbocycles. The third-order valence-corrected chi connectivity index (χ3v) is 7.71. The van der Waals surface area contributed by atoms with E-state index in [0.29, 0.717) is 25.3 Å². The van der Waals surface area contributed by atoms with Gasteiger partial charge in [0.2, 0.25) is 0 Å². The van der Waals surface area contributed by atoms with Crippen LogP contribution in [0.2, 0.25) is 0 Å². The lowest BCUT2D eigenvalue weighted by atomic mass is 10.0. The zero-order chi connectivity index (χ0) is 24.2. The summed E-state index contributed by atoms with van der Waals surface area (Å²) < 4.78 is 36.0. The Morgan fingerprint density at radius 3 is 2.39 bits per heavy atom. The zero-order valence-electron chi connectivity index (χ0n) is 20.2. The molecule has 1 aliphatic rings. The van der Waals surface area contributed by atoms with E-state index < -0.39 is 15.9 Å². The quantitative estimate of drug-likeness (QED) is 0.536. The summed E-state index contributed by atoms with van der Waals surface area (Å²) in [7, 11) is -3.14. The molecule has 2 atom stereocenters. The Labute approximate surface area is 197 Å². The summed E-state index contributed by atoms with van der Waals surface area (Å²) in [6.45, 7) is 10.7. The fraction of sp³-hybridized carbons (Fsp3) is 0.500. The van der Waals surface area contributed by atoms with Gasteiger partial charge in [0.25, 0.3) is 5.91 Å². The first kappa shape index (κ1) is 25.1. The molecule has 3 rings (SSSR count). The summed E-state index contributed by atoms with van der Waals surface area (Å²) in [5.74, 6) is 1.61. The van der Waals surface area contributed by atoms with Gasteiger partial charge in [-0.05, 0) is 68.0 Å². The van der Waals surface area contributed by atoms with E-state index >= 15 is 0 Å². The summed E-state index contributed by atoms with van der Waals surface area (Å²) in [5, 5.41) is 0. The highest BCUT2D eigenvalue weighted by Gasteiger charge is 2.36. The average Bonchev–Trinajstić information content (AvgIpc) is 3.12. The number of rotatable bonds is 9. The fourth-order valence-electron chi connectivity index (χ4n) is 4.16. The average molecular weight is 474 g/mol. The van der Waals surface area contributed by atoms with Crippen LogP contribution in [0.15, 0.2) is 42.5 Å². The van der Waals surface area contributed by atoms with Gasteiger partial charge in [-0.15, -0.1) is 0 Å². The highest BCUT2D eigenvalue weighted by Crippen LogP contribution is 2.29. The smallest absolute Gasteiger partial charge is 0.263 e. The van der Waals surface area contributed by atoms with Crippen molar-refractivity contribution in [2.45, 2.75) is 65.6 Å². The van der Waals surface area contributed by atoms with Crippen LogP contribution in [0.5, 0.6) is 11.5 Å². The summed E-state index contributed by atoms with van der Waals surface area (Å²) in [6, 6.07) is 13.2. The minimum atomic E-state index is -3.14. The van der Waals surface area contributed by atoms with E-state index in [1.165, 1.54) is 0 Å². The second kappa shape index (κ2) is 10.6. The van der Waals surface area contributed by atoms with Gasteiger partial charge >= 0.3 is 0 Å². The fourth-order valence-corrected chi connectivity index (χ4v) is 5.89. The van der Waals surface area contributed by atoms with Crippen LogP contribution in [-0.2, 0) is 21.2 Å². The molecule has 1 fully saturated rings. The Balaban J connectivity index is 1.83. The topological polar surface area (TPSA) is 72.9 Å². The molecule has 180 valence electrons. The molecule has 1 amide bonds. The summed E-state index contributed by atoms with van der Waals surface area (Å²) in [5.41, 5.74) is 3.02. The number of sulfone groups is 1. The minimum Gasteiger partial charge on any atom is -0.494 e. The highest BCUT2D eigenvalue weighted by atomic mass is 32.2. The minimum absolute atomic E-state index is 0.00974. The number of ether oxygens (including phenoxy) is 2. The second-order valence-corrected chi connectivity index (χ2v) is 11.3. The van der Waals surface area contributed by atoms with Gasteiger partial charge in [-0.1, -0.05) is 38.1 Å². The monoisotopic (exact) mass is 473 g/mol. The molecular weight excluding hydrogens is 438 g/mol. The van der Waals surface area contributed by atoms with Gasteiger partial charge in [0, 0.05) is 12.6 Å². The molecule has 0 aromatic heterocycles. The second-order valence-electron chi connectivity index (χ2n) is 9.06. The van der Waals surface area contributed by atoms with E-state index in [-0.39, 0.29) is 29.4 Å². The Morgan fingerprint density at radius 2 is 1.82 bits per heavy atom. The molecule has 1 saturated heterocycles. The highest BCUT2D eigenvalue weighted by molar-refractivity contribution is 7.91. The number of aryl methyl sites for hydroxylation is 1. The number of carbonyl (C=O) groups is 1. The van der Waals surface area contributed by atoms with Gasteiger partial charge in [0.15, 0.2) is 15.9 Å². The maximum atomic E-state index is 13.6. The van der Waals surface area contributed by atoms with Gasteiger partial charge < -0.3 is 14.4 Å². The molecule has 2 aromatic rings. The van der Waals surface area contributed by atoms with E-state index in [4.69, 9.17) is 9.47 Å². The lowest BCUT2D eigenvalue weighted by Gasteiger charge is -2.31. The molecule has 33 heavy (non-hydrogen) atoms. The molecule has 0 saturated carbocycles. The largest absolute Gasteiger partial charge is 0.494 e. The van der Waals surface area contributed by atoms with Crippen LogP contribution >= 0.6 is 0 Å². The van der Waals surface area contributed by atoms with Crippen LogP contribution in [0, 0.1) is 6.92 Å². The number of amides is 1. The van der Waals surface area contributed by atoms with Crippen LogP contribution in [0.3, 0.4) is 0 Å². The van der Waals surface area contributed by atoms with Crippen LogP contribution in [0.1, 0.15) is 56.7 Å². The van der Waals surface area contributed by atoms with E-state index in [0.717, 1.165) is 22.4 Å². The van der Waals surface area contributed by atoms with Crippen molar-refractivity contribution < 1.29 is 22.7 Å². The van der Waals surface area contributed by atoms with Crippen molar-refractivity contribution in [3.63, 3.8) is 0 Å². The van der Waals surface area contributed by atoms with E-state index in [9.17, 15) is 13.2 Å². The van der Waals surface area contributed by atoms with Gasteiger partial charge in [0.1, 0.15) is 11.5 Å². The van der Waals surface area contributed by atoms with Crippen LogP contribution in [0.4, 0.5) is 0 Å². The molecule has 0 bridgehead atoms. The third-order valence-electron chi connectivity index (χ3n) is 5.96. The maximum Gasteiger partial charge on any atom is 0.263 e. The molecular formula is C26H35NO5S. The summed E-state index contributed by atoms with van der Waals surface area (Å²) >= 11 is 0. The molecule has 0 aliphatic carbocycles. The lowest BCUT2D eigenvalue weighted by Crippen LogP contribution is -2.46. The Kier molecular flexibility index (Phi) is 8.05. The first-order valence-electron chi connectivity index (χ1n) is 11.6. The van der Waals surface area contributed by atoms with Crippen molar-refractivity contribution in [2.75, 3.05) is 18.1 Å². The third kappa shape index (κ3) is 6.50. The van der Waals surface area contributed by atoms with Crippen molar-refractivity contribution in [1.82, 2.24) is 4.90 Å². The molecule has 0 N–H and O–H groups in total. The number of benzene rings is 2. The van der Waals surface area contributed by atoms with Crippen molar-refractivity contribution in [3.8, 4) is 11.5 Å². The van der Waals surface area contributed by atoms with Gasteiger partial charge in [-0.2, -0.15) is 0 Å². The summed E-state index contributed by atoms with van der Waals surface area (Å²) in [6.07, 6.45) is -0.297. The Bertz CT molecular complexity index is 1060. The number of hydrogen-bond donors (Lipinski definition) is 0. The zero-order valence-corrected chi connectivity index (χ0v) is 21.0. The number of hydrogen-bond acceptors (Lipinski definition) is 5. The molecule has 2 unspecified atom stereocenters. The van der Waals surface area contributed by atoms with Crippen molar-refractivity contribution >= 4 is 15.7 Å². The molecule has 0 radical (unpaired) electrons. The van der Waals surface area contributed by atoms with Crippen LogP contribution < -0.4 is 9.47 Å². The first-order valence-corrected chi connectivity index (χ1v) is 13.4. The predicted molar refractivity (Wildman–Crippen MR) is 131 cm³/mol. The van der Waals surface area contributed by atoms with Gasteiger partial charge in [-0.3, -0.25) is 4.79 Å². The first-order chi connectivity index (χ1) is 15.6. The van der Waals surface area contributed by atoms with Gasteiger partial charge in [-0.25, -0.2) is 8.42 Å². The molecule has 1 aliphatic heterocycles. The summed E-state index contributed by atoms with van der Waals surface area (Å²) in [4.78, 5) is 15.2. The van der Waals surface area contributed by atoms with Crippen molar-refractivity contribution in [1.29, 1.82) is 0 Å². The normalized spacial score (nSPS) is 18.2. The van der Waals surface area contributed by atoms with Crippen LogP contribution in [-0.4, -0.2) is 49.5 Å². The molecule has 0 spiro atoms. The molecule has 1 heterocycles. The standard InChI is InChI=1S/C26H35NO5S/c1-6-31-23-10-8-21(9-11-23)16-27(22-13-14-33(29,30)17-22)26(28)20(5)32-25-15-19(4)7-12-24(25)18(2)3/h7-12,15,18,20,22H,6,13-14,16-17H2,1-5H3. The Morgan fingerprint density at radius 1 is 1.12 bits per heavy atom. The maximum absolute atomic E-state index is 13.6. The van der Waals surface area contributed by atoms with E-state index in [1.807, 2.05) is 56.3 Å². The lowest BCUT2D eigenvalue weighted by molar-refractivity contribution is -0.140. The number of carbonyl (C=O) groups excluding carboxylic acids is 1. The van der Waals surface area contributed by atoms with E-state index in [1.54, 1.807) is 11.8 Å². The van der Waals surface area contributed by atoms with Gasteiger partial charge in [0.05, 0.1) is 18.1 Å². The Hall–Kier alpha value is -2.54. The predicted octanol–water partition coefficient (Wildman–Crippen LogP) is 4.50. The van der Waals surface area contributed by atoms with Crippen molar-refractivity contribution in [3.05, 3.63) is 59.2 Å².